The van der Waals surface area contributed by atoms with Crippen LogP contribution in [0, 0.1) is 0 Å². The van der Waals surface area contributed by atoms with Gasteiger partial charge in [0.15, 0.2) is 5.82 Å². The van der Waals surface area contributed by atoms with Crippen molar-refractivity contribution in [2.75, 3.05) is 0 Å². The van der Waals surface area contributed by atoms with Gasteiger partial charge in [-0.25, -0.2) is 8.78 Å². The van der Waals surface area contributed by atoms with E-state index in [-0.39, 0.29) is 24.7 Å². The summed E-state index contributed by atoms with van der Waals surface area (Å²) >= 11 is 0. The van der Waals surface area contributed by atoms with Crippen LogP contribution in [0.2, 0.25) is 0 Å². The molecule has 1 fully saturated rings. The molecule has 3 nitrogen and oxygen atoms in total. The van der Waals surface area contributed by atoms with Crippen molar-refractivity contribution in [1.82, 2.24) is 10.1 Å². The smallest absolute Gasteiger partial charge is 0.248 e. The van der Waals surface area contributed by atoms with E-state index in [2.05, 4.69) is 10.1 Å². The highest BCUT2D eigenvalue weighted by Gasteiger charge is 2.36. The Bertz CT molecular complexity index is 353. The van der Waals surface area contributed by atoms with Crippen molar-refractivity contribution in [1.29, 1.82) is 0 Å². The lowest BCUT2D eigenvalue weighted by molar-refractivity contribution is -0.0389. The summed E-state index contributed by atoms with van der Waals surface area (Å²) in [7, 11) is 0. The minimum Gasteiger partial charge on any atom is -0.339 e. The fourth-order valence-electron chi connectivity index (χ4n) is 1.95. The zero-order valence-electron chi connectivity index (χ0n) is 9.54. The molecule has 0 aromatic carbocycles. The Morgan fingerprint density at radius 1 is 1.31 bits per heavy atom. The van der Waals surface area contributed by atoms with E-state index in [9.17, 15) is 8.78 Å². The Hall–Kier alpha value is -1.00. The van der Waals surface area contributed by atoms with Crippen LogP contribution in [0.5, 0.6) is 0 Å². The van der Waals surface area contributed by atoms with Crippen LogP contribution in [0.4, 0.5) is 8.78 Å². The quantitative estimate of drug-likeness (QED) is 0.780. The number of hydrogen-bond donors (Lipinski definition) is 0. The minimum atomic E-state index is -2.50. The van der Waals surface area contributed by atoms with Gasteiger partial charge < -0.3 is 4.52 Å². The van der Waals surface area contributed by atoms with Crippen LogP contribution in [0.15, 0.2) is 4.52 Å². The second-order valence-electron chi connectivity index (χ2n) is 4.78. The van der Waals surface area contributed by atoms with Gasteiger partial charge in [0.05, 0.1) is 0 Å². The largest absolute Gasteiger partial charge is 0.339 e. The predicted octanol–water partition coefficient (Wildman–Crippen LogP) is 3.49. The molecule has 1 saturated carbocycles. The Balaban J connectivity index is 2.03. The van der Waals surface area contributed by atoms with Gasteiger partial charge in [-0.05, 0) is 12.8 Å². The van der Waals surface area contributed by atoms with Gasteiger partial charge in [-0.1, -0.05) is 19.0 Å². The molecule has 1 aromatic rings. The molecule has 0 unspecified atom stereocenters. The summed E-state index contributed by atoms with van der Waals surface area (Å²) in [4.78, 5) is 4.26. The topological polar surface area (TPSA) is 38.9 Å². The van der Waals surface area contributed by atoms with Crippen LogP contribution in [0.3, 0.4) is 0 Å². The number of halogens is 2. The molecule has 0 atom stereocenters. The maximum Gasteiger partial charge on any atom is 0.248 e. The van der Waals surface area contributed by atoms with Crippen molar-refractivity contribution in [3.63, 3.8) is 0 Å². The summed E-state index contributed by atoms with van der Waals surface area (Å²) in [5, 5.41) is 3.88. The second kappa shape index (κ2) is 4.11. The monoisotopic (exact) mass is 230 g/mol. The molecule has 5 heteroatoms. The van der Waals surface area contributed by atoms with Crippen LogP contribution in [0.1, 0.15) is 63.1 Å². The van der Waals surface area contributed by atoms with Gasteiger partial charge in [0.25, 0.3) is 0 Å². The third-order valence-electron chi connectivity index (χ3n) is 3.03. The number of rotatable bonds is 2. The van der Waals surface area contributed by atoms with Crippen molar-refractivity contribution < 1.29 is 13.3 Å². The SMILES string of the molecule is CC(C)c1nc(C2CCC(F)(F)CC2)no1. The van der Waals surface area contributed by atoms with Crippen molar-refractivity contribution >= 4 is 0 Å². The van der Waals surface area contributed by atoms with Gasteiger partial charge in [-0.3, -0.25) is 0 Å². The van der Waals surface area contributed by atoms with E-state index in [4.69, 9.17) is 4.52 Å². The molecule has 0 bridgehead atoms. The Labute approximate surface area is 93.2 Å². The average molecular weight is 230 g/mol. The standard InChI is InChI=1S/C11H16F2N2O/c1-7(2)10-14-9(15-16-10)8-3-5-11(12,13)6-4-8/h7-8H,3-6H2,1-2H3. The summed E-state index contributed by atoms with van der Waals surface area (Å²) in [6.45, 7) is 3.93. The summed E-state index contributed by atoms with van der Waals surface area (Å²) in [5.41, 5.74) is 0. The first-order valence-corrected chi connectivity index (χ1v) is 5.69. The molecule has 1 aliphatic carbocycles. The summed E-state index contributed by atoms with van der Waals surface area (Å²) in [6, 6.07) is 0. The van der Waals surface area contributed by atoms with Crippen molar-refractivity contribution in [3.05, 3.63) is 11.7 Å². The first-order chi connectivity index (χ1) is 7.48. The number of aromatic nitrogens is 2. The van der Waals surface area contributed by atoms with Crippen LogP contribution in [0.25, 0.3) is 0 Å². The Kier molecular flexibility index (Phi) is 2.95. The zero-order valence-corrected chi connectivity index (χ0v) is 9.54. The number of hydrogen-bond acceptors (Lipinski definition) is 3. The highest BCUT2D eigenvalue weighted by molar-refractivity contribution is 5.00. The lowest BCUT2D eigenvalue weighted by Gasteiger charge is -2.26. The van der Waals surface area contributed by atoms with Crippen LogP contribution in [-0.2, 0) is 0 Å². The van der Waals surface area contributed by atoms with Crippen LogP contribution >= 0.6 is 0 Å². The molecule has 0 N–H and O–H groups in total. The lowest BCUT2D eigenvalue weighted by Crippen LogP contribution is -2.24. The minimum absolute atomic E-state index is 0.0378. The van der Waals surface area contributed by atoms with Gasteiger partial charge in [0.2, 0.25) is 11.8 Å². The molecule has 1 aromatic heterocycles. The van der Waals surface area contributed by atoms with Gasteiger partial charge in [0.1, 0.15) is 0 Å². The second-order valence-corrected chi connectivity index (χ2v) is 4.78. The molecule has 90 valence electrons. The molecular weight excluding hydrogens is 214 g/mol. The van der Waals surface area contributed by atoms with E-state index in [1.54, 1.807) is 0 Å². The van der Waals surface area contributed by atoms with E-state index in [1.807, 2.05) is 13.8 Å². The molecular formula is C11H16F2N2O. The maximum atomic E-state index is 13.0. The Morgan fingerprint density at radius 3 is 2.44 bits per heavy atom. The average Bonchev–Trinajstić information content (AvgIpc) is 2.66. The molecule has 0 aliphatic heterocycles. The molecule has 0 saturated heterocycles. The third-order valence-corrected chi connectivity index (χ3v) is 3.03. The van der Waals surface area contributed by atoms with Gasteiger partial charge in [-0.2, -0.15) is 4.98 Å². The number of alkyl halides is 2. The summed E-state index contributed by atoms with van der Waals surface area (Å²) in [6.07, 6.45) is 0.764. The van der Waals surface area contributed by atoms with E-state index in [0.29, 0.717) is 24.6 Å². The van der Waals surface area contributed by atoms with Gasteiger partial charge in [-0.15, -0.1) is 0 Å². The van der Waals surface area contributed by atoms with Crippen molar-refractivity contribution in [3.8, 4) is 0 Å². The van der Waals surface area contributed by atoms with E-state index < -0.39 is 5.92 Å². The van der Waals surface area contributed by atoms with E-state index >= 15 is 0 Å². The number of nitrogens with zero attached hydrogens (tertiary/aromatic N) is 2. The van der Waals surface area contributed by atoms with Gasteiger partial charge >= 0.3 is 0 Å². The summed E-state index contributed by atoms with van der Waals surface area (Å²) in [5.74, 6) is -1.09. The fourth-order valence-corrected chi connectivity index (χ4v) is 1.95. The van der Waals surface area contributed by atoms with Crippen molar-refractivity contribution in [2.24, 2.45) is 0 Å². The first kappa shape index (κ1) is 11.5. The zero-order chi connectivity index (χ0) is 11.8. The molecule has 0 amide bonds. The van der Waals surface area contributed by atoms with Crippen molar-refractivity contribution in [2.45, 2.75) is 57.3 Å². The van der Waals surface area contributed by atoms with E-state index in [0.717, 1.165) is 0 Å². The molecule has 2 rings (SSSR count). The molecule has 0 spiro atoms. The predicted molar refractivity (Wildman–Crippen MR) is 54.5 cm³/mol. The van der Waals surface area contributed by atoms with Crippen LogP contribution < -0.4 is 0 Å². The fraction of sp³-hybridized carbons (Fsp3) is 0.818. The third kappa shape index (κ3) is 2.39. The van der Waals surface area contributed by atoms with Crippen LogP contribution in [-0.4, -0.2) is 16.1 Å². The van der Waals surface area contributed by atoms with Gasteiger partial charge in [0, 0.05) is 24.7 Å². The molecule has 0 radical (unpaired) electrons. The van der Waals surface area contributed by atoms with E-state index in [1.165, 1.54) is 0 Å². The first-order valence-electron chi connectivity index (χ1n) is 5.69. The molecule has 1 aliphatic rings. The lowest BCUT2D eigenvalue weighted by atomic mass is 9.86. The highest BCUT2D eigenvalue weighted by Crippen LogP contribution is 2.40. The normalized spacial score (nSPS) is 21.6. The maximum absolute atomic E-state index is 13.0. The summed E-state index contributed by atoms with van der Waals surface area (Å²) < 4.78 is 31.0. The molecule has 16 heavy (non-hydrogen) atoms. The Morgan fingerprint density at radius 2 is 1.94 bits per heavy atom. The molecule has 1 heterocycles. The highest BCUT2D eigenvalue weighted by atomic mass is 19.3.